The van der Waals surface area contributed by atoms with Crippen LogP contribution in [0.15, 0.2) is 30.3 Å². The van der Waals surface area contributed by atoms with E-state index in [0.717, 1.165) is 17.5 Å². The van der Waals surface area contributed by atoms with Gasteiger partial charge in [0.2, 0.25) is 0 Å². The molecule has 3 aliphatic carbocycles. The molecule has 0 unspecified atom stereocenters. The van der Waals surface area contributed by atoms with Gasteiger partial charge in [-0.2, -0.15) is 0 Å². The lowest BCUT2D eigenvalue weighted by Crippen LogP contribution is -2.23. The van der Waals surface area contributed by atoms with E-state index >= 15 is 0 Å². The van der Waals surface area contributed by atoms with Crippen LogP contribution < -0.4 is 9.47 Å². The van der Waals surface area contributed by atoms with Crippen LogP contribution in [0.25, 0.3) is 0 Å². The van der Waals surface area contributed by atoms with Crippen molar-refractivity contribution in [2.24, 2.45) is 32.5 Å². The maximum atomic E-state index is 12.9. The van der Waals surface area contributed by atoms with Crippen LogP contribution in [-0.2, 0) is 67.3 Å². The molecule has 9 N–H and O–H groups in total. The minimum Gasteiger partial charge on any atom is -0.507 e. The summed E-state index contributed by atoms with van der Waals surface area (Å²) in [6, 6.07) is 9.24. The smallest absolute Gasteiger partial charge is 0.309 e. The lowest BCUT2D eigenvalue weighted by atomic mass is 9.87. The molecule has 3 aromatic rings. The highest BCUT2D eigenvalue weighted by Crippen LogP contribution is 2.54. The SMILES string of the molecule is CC(C)(CCCCCc1cccc(CCCCC2(C(=O)O)CC2)c1Oc1cc(CCCCCC(C)(C)C(=O)O)c(Oc2cc(CCCCC3(C(=O)O)CC3)c(O)c(CCCCCC(C)(C)C(=O)O)c2O)c(CCCCC2(C(=O)O)CC2)c1O)C(=O)O. The molecule has 17 heteroatoms. The maximum Gasteiger partial charge on any atom is 0.309 e. The molecule has 17 nitrogen and oxygen atoms in total. The van der Waals surface area contributed by atoms with Crippen LogP contribution in [0.2, 0.25) is 0 Å². The predicted molar refractivity (Wildman–Crippen MR) is 326 cm³/mol. The van der Waals surface area contributed by atoms with Crippen LogP contribution in [0, 0.1) is 32.5 Å². The van der Waals surface area contributed by atoms with Crippen molar-refractivity contribution in [2.75, 3.05) is 0 Å². The van der Waals surface area contributed by atoms with E-state index in [1.807, 2.05) is 18.2 Å². The van der Waals surface area contributed by atoms with Gasteiger partial charge < -0.3 is 55.4 Å². The third kappa shape index (κ3) is 18.3. The Balaban J connectivity index is 1.43. The second-order valence-electron chi connectivity index (χ2n) is 27.6. The zero-order valence-electron chi connectivity index (χ0n) is 52.0. The molecule has 3 aliphatic rings. The van der Waals surface area contributed by atoms with Crippen molar-refractivity contribution in [3.05, 3.63) is 63.7 Å². The molecule has 3 fully saturated rings. The van der Waals surface area contributed by atoms with Crippen LogP contribution in [-0.4, -0.2) is 81.8 Å². The number of carboxylic acid groups (broad SMARTS) is 6. The molecule has 0 atom stereocenters. The number of carbonyl (C=O) groups is 6. The van der Waals surface area contributed by atoms with Crippen LogP contribution in [0.1, 0.15) is 248 Å². The molecule has 0 aliphatic heterocycles. The van der Waals surface area contributed by atoms with E-state index in [1.165, 1.54) is 0 Å². The van der Waals surface area contributed by atoms with Gasteiger partial charge in [-0.05, 0) is 230 Å². The number of unbranched alkanes of at least 4 members (excludes halogenated alkanes) is 9. The highest BCUT2D eigenvalue weighted by Gasteiger charge is 2.51. The number of aliphatic carboxylic acids is 6. The Morgan fingerprint density at radius 3 is 1.08 bits per heavy atom. The summed E-state index contributed by atoms with van der Waals surface area (Å²) in [5.74, 6) is -4.80. The van der Waals surface area contributed by atoms with Gasteiger partial charge in [-0.15, -0.1) is 0 Å². The van der Waals surface area contributed by atoms with Crippen LogP contribution in [0.4, 0.5) is 0 Å². The standard InChI is InChI=1S/C69H98O17/c1-64(2,58(73)74)31-16-7-10-23-45-27-22-28-46(24-13-19-34-67(37-38-67)61(79)80)56(45)85-52-44-48(26-11-8-17-32-65(3,4)59(75)76)57(50(55(52)72)30-15-21-36-69(41-42-69)63(83)84)86-51-43-47(25-14-20-35-68(39-40-68)62(81)82)53(70)49(54(51)71)29-12-9-18-33-66(5,6)60(77)78/h22,27-28,43-44,70-72H,7-21,23-26,29-42H2,1-6H3,(H,73,74)(H,75,76)(H,77,78)(H,79,80)(H,81,82)(H,83,84). The molecule has 3 aromatic carbocycles. The van der Waals surface area contributed by atoms with Gasteiger partial charge in [0.15, 0.2) is 23.0 Å². The number of rotatable bonds is 43. The van der Waals surface area contributed by atoms with Crippen molar-refractivity contribution in [1.82, 2.24) is 0 Å². The van der Waals surface area contributed by atoms with Crippen molar-refractivity contribution in [2.45, 2.75) is 253 Å². The largest absolute Gasteiger partial charge is 0.507 e. The molecule has 476 valence electrons. The van der Waals surface area contributed by atoms with Gasteiger partial charge in [-0.3, -0.25) is 28.8 Å². The first-order valence-electron chi connectivity index (χ1n) is 31.8. The molecule has 3 saturated carbocycles. The third-order valence-corrected chi connectivity index (χ3v) is 19.3. The summed E-state index contributed by atoms with van der Waals surface area (Å²) in [5, 5.41) is 96.4. The number of hydrogen-bond acceptors (Lipinski definition) is 11. The fourth-order valence-electron chi connectivity index (χ4n) is 12.0. The number of para-hydroxylation sites is 1. The quantitative estimate of drug-likeness (QED) is 0.0238. The number of phenolic OH excluding ortho intramolecular Hbond substituents is 3. The van der Waals surface area contributed by atoms with E-state index in [2.05, 4.69) is 0 Å². The van der Waals surface area contributed by atoms with Crippen molar-refractivity contribution in [3.8, 4) is 40.2 Å². The van der Waals surface area contributed by atoms with Gasteiger partial charge in [0.25, 0.3) is 0 Å². The molecule has 6 rings (SSSR count). The highest BCUT2D eigenvalue weighted by molar-refractivity contribution is 5.79. The van der Waals surface area contributed by atoms with E-state index in [1.54, 1.807) is 53.7 Å². The first-order chi connectivity index (χ1) is 40.5. The normalized spacial score (nSPS) is 15.7. The van der Waals surface area contributed by atoms with Gasteiger partial charge in [0.1, 0.15) is 17.2 Å². The Kier molecular flexibility index (Phi) is 23.5. The molecule has 0 radical (unpaired) electrons. The first kappa shape index (κ1) is 68.6. The summed E-state index contributed by atoms with van der Waals surface area (Å²) in [4.78, 5) is 72.4. The summed E-state index contributed by atoms with van der Waals surface area (Å²) < 4.78 is 14.0. The van der Waals surface area contributed by atoms with Crippen molar-refractivity contribution in [1.29, 1.82) is 0 Å². The molecule has 0 amide bonds. The average Bonchev–Trinajstić information content (AvgIpc) is 2.96. The number of hydrogen-bond donors (Lipinski definition) is 9. The lowest BCUT2D eigenvalue weighted by Gasteiger charge is -2.24. The minimum atomic E-state index is -0.952. The van der Waals surface area contributed by atoms with Crippen molar-refractivity contribution in [3.63, 3.8) is 0 Å². The Hall–Kier alpha value is -6.52. The summed E-state index contributed by atoms with van der Waals surface area (Å²) in [6.45, 7) is 10.2. The van der Waals surface area contributed by atoms with E-state index in [9.17, 15) is 74.7 Å². The maximum absolute atomic E-state index is 12.9. The second kappa shape index (κ2) is 29.5. The number of phenols is 3. The third-order valence-electron chi connectivity index (χ3n) is 19.3. The molecule has 0 saturated heterocycles. The number of aromatic hydroxyl groups is 3. The first-order valence-corrected chi connectivity index (χ1v) is 31.8. The van der Waals surface area contributed by atoms with E-state index < -0.39 is 68.3 Å². The van der Waals surface area contributed by atoms with E-state index in [4.69, 9.17) is 9.47 Å². The topological polar surface area (TPSA) is 303 Å². The molecule has 0 heterocycles. The molecular formula is C69H98O17. The van der Waals surface area contributed by atoms with Crippen molar-refractivity contribution < 1.29 is 84.2 Å². The number of ether oxygens (including phenoxy) is 2. The van der Waals surface area contributed by atoms with Crippen LogP contribution >= 0.6 is 0 Å². The fraction of sp³-hybridized carbons (Fsp3) is 0.652. The monoisotopic (exact) mass is 1200 g/mol. The Bertz CT molecular complexity index is 2880. The van der Waals surface area contributed by atoms with Gasteiger partial charge in [-0.1, -0.05) is 76.0 Å². The molecule has 0 aromatic heterocycles. The number of carboxylic acids is 6. The summed E-state index contributed by atoms with van der Waals surface area (Å²) in [7, 11) is 0. The molecule has 86 heavy (non-hydrogen) atoms. The zero-order chi connectivity index (χ0) is 63.3. The predicted octanol–water partition coefficient (Wildman–Crippen LogP) is 15.8. The number of benzene rings is 3. The number of aryl methyl sites for hydroxylation is 4. The van der Waals surface area contributed by atoms with Crippen LogP contribution in [0.3, 0.4) is 0 Å². The Morgan fingerprint density at radius 2 is 0.698 bits per heavy atom. The van der Waals surface area contributed by atoms with Gasteiger partial charge >= 0.3 is 35.8 Å². The molecule has 0 bridgehead atoms. The van der Waals surface area contributed by atoms with E-state index in [0.29, 0.717) is 215 Å². The summed E-state index contributed by atoms with van der Waals surface area (Å²) in [6.07, 6.45) is 17.8. The summed E-state index contributed by atoms with van der Waals surface area (Å²) in [5.41, 5.74) is -1.57. The highest BCUT2D eigenvalue weighted by atomic mass is 16.5. The lowest BCUT2D eigenvalue weighted by molar-refractivity contribution is -0.148. The second-order valence-corrected chi connectivity index (χ2v) is 27.6. The summed E-state index contributed by atoms with van der Waals surface area (Å²) >= 11 is 0. The fourth-order valence-corrected chi connectivity index (χ4v) is 12.0. The van der Waals surface area contributed by atoms with Gasteiger partial charge in [0, 0.05) is 11.1 Å². The Labute approximate surface area is 507 Å². The Morgan fingerprint density at radius 1 is 0.384 bits per heavy atom. The molecular weight excluding hydrogens is 1100 g/mol. The van der Waals surface area contributed by atoms with Crippen LogP contribution in [0.5, 0.6) is 40.2 Å². The average molecular weight is 1200 g/mol. The van der Waals surface area contributed by atoms with Gasteiger partial charge in [0.05, 0.1) is 32.5 Å². The minimum absolute atomic E-state index is 0.0147. The van der Waals surface area contributed by atoms with Gasteiger partial charge in [-0.25, -0.2) is 0 Å². The van der Waals surface area contributed by atoms with Crippen molar-refractivity contribution >= 4 is 35.8 Å². The van der Waals surface area contributed by atoms with E-state index in [-0.39, 0.29) is 52.9 Å². The zero-order valence-corrected chi connectivity index (χ0v) is 52.0. The molecule has 0 spiro atoms.